The second kappa shape index (κ2) is 5.18. The summed E-state index contributed by atoms with van der Waals surface area (Å²) >= 11 is 0. The van der Waals surface area contributed by atoms with Gasteiger partial charge in [-0.2, -0.15) is 0 Å². The lowest BCUT2D eigenvalue weighted by Crippen LogP contribution is -2.50. The molecule has 6 heteroatoms. The van der Waals surface area contributed by atoms with E-state index in [0.29, 0.717) is 11.1 Å². The van der Waals surface area contributed by atoms with E-state index in [1.807, 2.05) is 0 Å². The Balaban J connectivity index is 2.35. The van der Waals surface area contributed by atoms with E-state index < -0.39 is 20.4 Å². The molecular weight excluding hydrogens is 270 g/mol. The van der Waals surface area contributed by atoms with E-state index in [-0.39, 0.29) is 5.19 Å². The van der Waals surface area contributed by atoms with Crippen LogP contribution in [0.2, 0.25) is 0 Å². The standard InChI is InChI=1S/C13H12F2O3Si/c1-18-19(16,17)11-5-2-9(3-6-11)10-4-7-12(14)13(15)8-10/h2-8,16-17H,1H3. The molecule has 0 aliphatic rings. The molecule has 0 radical (unpaired) electrons. The van der Waals surface area contributed by atoms with Crippen LogP contribution >= 0.6 is 0 Å². The molecular formula is C13H12F2O3Si. The fourth-order valence-corrected chi connectivity index (χ4v) is 2.51. The van der Waals surface area contributed by atoms with Crippen LogP contribution in [0.5, 0.6) is 0 Å². The van der Waals surface area contributed by atoms with Gasteiger partial charge in [-0.25, -0.2) is 8.78 Å². The zero-order valence-electron chi connectivity index (χ0n) is 10.1. The van der Waals surface area contributed by atoms with Crippen molar-refractivity contribution in [2.45, 2.75) is 0 Å². The number of benzene rings is 2. The van der Waals surface area contributed by atoms with Crippen LogP contribution in [0.1, 0.15) is 0 Å². The Kier molecular flexibility index (Phi) is 3.77. The average Bonchev–Trinajstić information content (AvgIpc) is 2.42. The number of hydrogen-bond acceptors (Lipinski definition) is 3. The molecule has 0 fully saturated rings. The van der Waals surface area contributed by atoms with Crippen LogP contribution in [0.4, 0.5) is 8.78 Å². The molecule has 0 atom stereocenters. The van der Waals surface area contributed by atoms with E-state index in [4.69, 9.17) is 0 Å². The highest BCUT2D eigenvalue weighted by Gasteiger charge is 2.33. The second-order valence-electron chi connectivity index (χ2n) is 4.02. The Morgan fingerprint density at radius 2 is 1.47 bits per heavy atom. The molecule has 2 aromatic carbocycles. The van der Waals surface area contributed by atoms with Crippen LogP contribution in [-0.2, 0) is 4.43 Å². The van der Waals surface area contributed by atoms with Crippen LogP contribution in [0.25, 0.3) is 11.1 Å². The molecule has 0 amide bonds. The second-order valence-corrected chi connectivity index (χ2v) is 6.22. The van der Waals surface area contributed by atoms with Crippen LogP contribution < -0.4 is 5.19 Å². The van der Waals surface area contributed by atoms with Gasteiger partial charge in [-0.15, -0.1) is 0 Å². The minimum Gasteiger partial charge on any atom is -0.386 e. The van der Waals surface area contributed by atoms with Gasteiger partial charge in [0, 0.05) is 12.3 Å². The van der Waals surface area contributed by atoms with Gasteiger partial charge in [0.05, 0.1) is 0 Å². The summed E-state index contributed by atoms with van der Waals surface area (Å²) in [6.07, 6.45) is 0. The highest BCUT2D eigenvalue weighted by molar-refractivity contribution is 6.72. The van der Waals surface area contributed by atoms with Crippen molar-refractivity contribution in [2.75, 3.05) is 7.11 Å². The third kappa shape index (κ3) is 2.87. The van der Waals surface area contributed by atoms with Crippen LogP contribution in [0, 0.1) is 11.6 Å². The Hall–Kier alpha value is -1.60. The summed E-state index contributed by atoms with van der Waals surface area (Å²) in [5, 5.41) is 0.279. The summed E-state index contributed by atoms with van der Waals surface area (Å²) in [6.45, 7) is 0. The first-order chi connectivity index (χ1) is 8.94. The Morgan fingerprint density at radius 1 is 0.895 bits per heavy atom. The Labute approximate surface area is 110 Å². The first-order valence-electron chi connectivity index (χ1n) is 5.50. The molecule has 2 aromatic rings. The molecule has 3 nitrogen and oxygen atoms in total. The van der Waals surface area contributed by atoms with E-state index >= 15 is 0 Å². The molecule has 0 spiro atoms. The van der Waals surface area contributed by atoms with Crippen LogP contribution in [0.15, 0.2) is 42.5 Å². The van der Waals surface area contributed by atoms with Crippen molar-refractivity contribution in [3.05, 3.63) is 54.1 Å². The summed E-state index contributed by atoms with van der Waals surface area (Å²) in [5.74, 6) is -1.83. The predicted octanol–water partition coefficient (Wildman–Crippen LogP) is 1.41. The molecule has 0 aliphatic heterocycles. The van der Waals surface area contributed by atoms with Gasteiger partial charge in [0.15, 0.2) is 11.6 Å². The van der Waals surface area contributed by atoms with E-state index in [2.05, 4.69) is 4.43 Å². The normalized spacial score (nSPS) is 11.6. The SMILES string of the molecule is CO[Si](O)(O)c1ccc(-c2ccc(F)c(F)c2)cc1. The minimum atomic E-state index is -3.83. The van der Waals surface area contributed by atoms with Gasteiger partial charge < -0.3 is 14.0 Å². The smallest absolute Gasteiger partial charge is 0.386 e. The van der Waals surface area contributed by atoms with Crippen molar-refractivity contribution in [3.63, 3.8) is 0 Å². The molecule has 100 valence electrons. The van der Waals surface area contributed by atoms with Crippen molar-refractivity contribution in [3.8, 4) is 11.1 Å². The van der Waals surface area contributed by atoms with Crippen molar-refractivity contribution in [1.82, 2.24) is 0 Å². The van der Waals surface area contributed by atoms with Gasteiger partial charge >= 0.3 is 8.80 Å². The summed E-state index contributed by atoms with van der Waals surface area (Å²) < 4.78 is 30.6. The molecule has 0 bridgehead atoms. The maximum Gasteiger partial charge on any atom is 0.531 e. The molecule has 0 aliphatic carbocycles. The zero-order valence-corrected chi connectivity index (χ0v) is 11.1. The zero-order chi connectivity index (χ0) is 14.0. The maximum atomic E-state index is 13.1. The fourth-order valence-electron chi connectivity index (χ4n) is 1.67. The molecule has 2 N–H and O–H groups in total. The number of hydrogen-bond donors (Lipinski definition) is 2. The molecule has 19 heavy (non-hydrogen) atoms. The van der Waals surface area contributed by atoms with Gasteiger partial charge in [0.2, 0.25) is 0 Å². The fraction of sp³-hybridized carbons (Fsp3) is 0.0769. The van der Waals surface area contributed by atoms with Gasteiger partial charge in [-0.05, 0) is 23.3 Å². The highest BCUT2D eigenvalue weighted by Crippen LogP contribution is 2.20. The molecule has 0 saturated heterocycles. The summed E-state index contributed by atoms with van der Waals surface area (Å²) in [5.41, 5.74) is 1.15. The topological polar surface area (TPSA) is 49.7 Å². The maximum absolute atomic E-state index is 13.1. The van der Waals surface area contributed by atoms with E-state index in [9.17, 15) is 18.4 Å². The lowest BCUT2D eigenvalue weighted by molar-refractivity contribution is 0.204. The first-order valence-corrected chi connectivity index (χ1v) is 7.30. The molecule has 0 unspecified atom stereocenters. The number of halogens is 2. The third-order valence-corrected chi connectivity index (χ3v) is 4.45. The van der Waals surface area contributed by atoms with Crippen LogP contribution in [0.3, 0.4) is 0 Å². The van der Waals surface area contributed by atoms with Crippen molar-refractivity contribution in [2.24, 2.45) is 0 Å². The van der Waals surface area contributed by atoms with E-state index in [1.165, 1.54) is 25.3 Å². The molecule has 0 saturated carbocycles. The lowest BCUT2D eigenvalue weighted by atomic mass is 10.1. The van der Waals surface area contributed by atoms with Gasteiger partial charge in [0.1, 0.15) is 0 Å². The van der Waals surface area contributed by atoms with E-state index in [1.54, 1.807) is 12.1 Å². The quantitative estimate of drug-likeness (QED) is 0.837. The number of rotatable bonds is 3. The Morgan fingerprint density at radius 3 is 2.00 bits per heavy atom. The highest BCUT2D eigenvalue weighted by atomic mass is 28.4. The van der Waals surface area contributed by atoms with E-state index in [0.717, 1.165) is 12.1 Å². The lowest BCUT2D eigenvalue weighted by Gasteiger charge is -2.15. The minimum absolute atomic E-state index is 0.279. The van der Waals surface area contributed by atoms with Gasteiger partial charge in [-0.1, -0.05) is 30.3 Å². The van der Waals surface area contributed by atoms with Crippen molar-refractivity contribution < 1.29 is 22.8 Å². The molecule has 0 heterocycles. The molecule has 2 rings (SSSR count). The monoisotopic (exact) mass is 282 g/mol. The van der Waals surface area contributed by atoms with Crippen molar-refractivity contribution in [1.29, 1.82) is 0 Å². The Bertz CT molecular complexity index is 585. The van der Waals surface area contributed by atoms with Gasteiger partial charge in [0.25, 0.3) is 0 Å². The summed E-state index contributed by atoms with van der Waals surface area (Å²) in [6, 6.07) is 9.75. The summed E-state index contributed by atoms with van der Waals surface area (Å²) in [7, 11) is -2.61. The van der Waals surface area contributed by atoms with Crippen LogP contribution in [-0.4, -0.2) is 25.5 Å². The summed E-state index contributed by atoms with van der Waals surface area (Å²) in [4.78, 5) is 19.2. The third-order valence-electron chi connectivity index (χ3n) is 2.80. The van der Waals surface area contributed by atoms with Crippen molar-refractivity contribution >= 4 is 14.0 Å². The van der Waals surface area contributed by atoms with Gasteiger partial charge in [-0.3, -0.25) is 0 Å². The first kappa shape index (κ1) is 13.8. The average molecular weight is 282 g/mol. The predicted molar refractivity (Wildman–Crippen MR) is 68.6 cm³/mol. The molecule has 0 aromatic heterocycles. The largest absolute Gasteiger partial charge is 0.531 e.